The van der Waals surface area contributed by atoms with Crippen molar-refractivity contribution in [2.45, 2.75) is 5.51 Å². The van der Waals surface area contributed by atoms with Crippen LogP contribution in [0.25, 0.3) is 0 Å². The van der Waals surface area contributed by atoms with Crippen LogP contribution in [0.4, 0.5) is 18.9 Å². The van der Waals surface area contributed by atoms with Crippen molar-refractivity contribution >= 4 is 33.3 Å². The van der Waals surface area contributed by atoms with Crippen LogP contribution in [0.3, 0.4) is 0 Å². The van der Waals surface area contributed by atoms with Crippen molar-refractivity contribution in [1.29, 1.82) is 0 Å². The predicted molar refractivity (Wildman–Crippen MR) is 81.5 cm³/mol. The van der Waals surface area contributed by atoms with Crippen molar-refractivity contribution in [2.75, 3.05) is 4.72 Å². The summed E-state index contributed by atoms with van der Waals surface area (Å²) in [5, 5.41) is 0.0185. The monoisotopic (exact) mass is 379 g/mol. The number of halogens is 4. The van der Waals surface area contributed by atoms with Crippen LogP contribution in [0.2, 0.25) is 5.02 Å². The van der Waals surface area contributed by atoms with Gasteiger partial charge in [-0.1, -0.05) is 29.8 Å². The molecule has 5 nitrogen and oxygen atoms in total. The van der Waals surface area contributed by atoms with Crippen molar-refractivity contribution < 1.29 is 31.1 Å². The summed E-state index contributed by atoms with van der Waals surface area (Å²) in [6.07, 6.45) is 0. The highest BCUT2D eigenvalue weighted by atomic mass is 35.5. The Bertz CT molecular complexity index is 854. The molecule has 24 heavy (non-hydrogen) atoms. The molecule has 2 aromatic carbocycles. The molecule has 2 rings (SSSR count). The van der Waals surface area contributed by atoms with Gasteiger partial charge in [0.05, 0.1) is 11.3 Å². The van der Waals surface area contributed by atoms with E-state index in [1.54, 1.807) is 18.2 Å². The molecule has 0 aliphatic heterocycles. The van der Waals surface area contributed by atoms with Gasteiger partial charge in [-0.25, -0.2) is 4.79 Å². The lowest BCUT2D eigenvalue weighted by atomic mass is 10.2. The first-order chi connectivity index (χ1) is 11.1. The highest BCUT2D eigenvalue weighted by Gasteiger charge is 2.46. The van der Waals surface area contributed by atoms with Crippen LogP contribution in [0.5, 0.6) is 5.75 Å². The number of anilines is 1. The van der Waals surface area contributed by atoms with E-state index < -0.39 is 32.8 Å². The molecule has 0 saturated carbocycles. The molecule has 0 aromatic heterocycles. The van der Waals surface area contributed by atoms with Crippen molar-refractivity contribution in [3.8, 4) is 5.75 Å². The van der Waals surface area contributed by atoms with Crippen LogP contribution >= 0.6 is 11.6 Å². The Hall–Kier alpha value is -2.26. The van der Waals surface area contributed by atoms with Crippen LogP contribution in [0.1, 0.15) is 10.4 Å². The van der Waals surface area contributed by atoms with E-state index in [9.17, 15) is 26.4 Å². The number of carbonyl (C=O) groups is 1. The molecule has 0 fully saturated rings. The third kappa shape index (κ3) is 4.18. The third-order valence-corrected chi connectivity index (χ3v) is 4.04. The van der Waals surface area contributed by atoms with Crippen LogP contribution in [-0.4, -0.2) is 19.9 Å². The van der Waals surface area contributed by atoms with Gasteiger partial charge in [0.2, 0.25) is 0 Å². The molecule has 0 atom stereocenters. The molecule has 0 bridgehead atoms. The number of para-hydroxylation sites is 1. The quantitative estimate of drug-likeness (QED) is 0.647. The third-order valence-electron chi connectivity index (χ3n) is 2.70. The van der Waals surface area contributed by atoms with Gasteiger partial charge in [-0.2, -0.15) is 21.6 Å². The number of rotatable bonds is 4. The van der Waals surface area contributed by atoms with Gasteiger partial charge in [-0.05, 0) is 30.3 Å². The SMILES string of the molecule is O=C(Oc1ccccc1)c1cc(Cl)ccc1NS(=O)(=O)C(F)(F)F. The summed E-state index contributed by atoms with van der Waals surface area (Å²) < 4.78 is 66.2. The smallest absolute Gasteiger partial charge is 0.423 e. The first kappa shape index (κ1) is 18.1. The highest BCUT2D eigenvalue weighted by molar-refractivity contribution is 7.93. The summed E-state index contributed by atoms with van der Waals surface area (Å²) in [7, 11) is -5.69. The van der Waals surface area contributed by atoms with Crippen LogP contribution in [-0.2, 0) is 10.0 Å². The number of ether oxygens (including phenoxy) is 1. The Morgan fingerprint density at radius 2 is 1.71 bits per heavy atom. The zero-order chi connectivity index (χ0) is 18.0. The second-order valence-corrected chi connectivity index (χ2v) is 6.55. The minimum atomic E-state index is -5.69. The lowest BCUT2D eigenvalue weighted by molar-refractivity contribution is -0.0429. The topological polar surface area (TPSA) is 72.5 Å². The Kier molecular flexibility index (Phi) is 5.05. The summed E-state index contributed by atoms with van der Waals surface area (Å²) in [5.74, 6) is -0.935. The molecule has 0 aliphatic carbocycles. The normalized spacial score (nSPS) is 11.8. The van der Waals surface area contributed by atoms with Crippen molar-refractivity contribution in [3.05, 3.63) is 59.1 Å². The van der Waals surface area contributed by atoms with Gasteiger partial charge < -0.3 is 4.74 Å². The molecule has 10 heteroatoms. The Balaban J connectivity index is 2.36. The van der Waals surface area contributed by atoms with Crippen molar-refractivity contribution in [1.82, 2.24) is 0 Å². The molecule has 128 valence electrons. The fraction of sp³-hybridized carbons (Fsp3) is 0.0714. The van der Waals surface area contributed by atoms with Gasteiger partial charge in [0.15, 0.2) is 0 Å². The minimum Gasteiger partial charge on any atom is -0.423 e. The van der Waals surface area contributed by atoms with Gasteiger partial charge in [0, 0.05) is 5.02 Å². The van der Waals surface area contributed by atoms with E-state index in [0.29, 0.717) is 0 Å². The molecule has 0 unspecified atom stereocenters. The first-order valence-electron chi connectivity index (χ1n) is 6.26. The molecule has 0 spiro atoms. The van der Waals surface area contributed by atoms with Gasteiger partial charge in [-0.15, -0.1) is 0 Å². The maximum atomic E-state index is 12.5. The second-order valence-electron chi connectivity index (χ2n) is 4.44. The summed E-state index contributed by atoms with van der Waals surface area (Å²) in [5.41, 5.74) is -6.59. The number of hydrogen-bond donors (Lipinski definition) is 1. The summed E-state index contributed by atoms with van der Waals surface area (Å²) in [6, 6.07) is 10.8. The number of benzene rings is 2. The van der Waals surface area contributed by atoms with E-state index in [2.05, 4.69) is 0 Å². The van der Waals surface area contributed by atoms with Crippen molar-refractivity contribution in [2.24, 2.45) is 0 Å². The van der Waals surface area contributed by atoms with Crippen LogP contribution in [0, 0.1) is 0 Å². The van der Waals surface area contributed by atoms with Gasteiger partial charge in [0.1, 0.15) is 5.75 Å². The molecular weight excluding hydrogens is 371 g/mol. The summed E-state index contributed by atoms with van der Waals surface area (Å²) in [4.78, 5) is 12.1. The molecule has 0 radical (unpaired) electrons. The lowest BCUT2D eigenvalue weighted by Gasteiger charge is -2.14. The van der Waals surface area contributed by atoms with Gasteiger partial charge >= 0.3 is 21.5 Å². The number of hydrogen-bond acceptors (Lipinski definition) is 4. The van der Waals surface area contributed by atoms with E-state index in [0.717, 1.165) is 18.2 Å². The molecular formula is C14H9ClF3NO4S. The van der Waals surface area contributed by atoms with Crippen LogP contribution < -0.4 is 9.46 Å². The maximum absolute atomic E-state index is 12.5. The second kappa shape index (κ2) is 6.70. The highest BCUT2D eigenvalue weighted by Crippen LogP contribution is 2.29. The molecule has 0 amide bonds. The van der Waals surface area contributed by atoms with E-state index in [1.165, 1.54) is 16.9 Å². The van der Waals surface area contributed by atoms with E-state index in [4.69, 9.17) is 16.3 Å². The minimum absolute atomic E-state index is 0.0185. The number of alkyl halides is 3. The number of esters is 1. The number of sulfonamides is 1. The first-order valence-corrected chi connectivity index (χ1v) is 8.12. The number of nitrogens with one attached hydrogen (secondary N) is 1. The molecule has 0 saturated heterocycles. The van der Waals surface area contributed by atoms with Crippen LogP contribution in [0.15, 0.2) is 48.5 Å². The fourth-order valence-electron chi connectivity index (χ4n) is 1.63. The largest absolute Gasteiger partial charge is 0.516 e. The molecule has 2 aromatic rings. The fourth-order valence-corrected chi connectivity index (χ4v) is 2.38. The average molecular weight is 380 g/mol. The Morgan fingerprint density at radius 1 is 1.08 bits per heavy atom. The summed E-state index contributed by atoms with van der Waals surface area (Å²) in [6.45, 7) is 0. The van der Waals surface area contributed by atoms with Gasteiger partial charge in [-0.3, -0.25) is 4.72 Å². The Labute approximate surface area is 140 Å². The average Bonchev–Trinajstić information content (AvgIpc) is 2.48. The predicted octanol–water partition coefficient (Wildman–Crippen LogP) is 3.82. The van der Waals surface area contributed by atoms with E-state index >= 15 is 0 Å². The molecule has 0 aliphatic rings. The molecule has 1 N–H and O–H groups in total. The summed E-state index contributed by atoms with van der Waals surface area (Å²) >= 11 is 5.72. The molecule has 0 heterocycles. The zero-order valence-corrected chi connectivity index (χ0v) is 13.2. The van der Waals surface area contributed by atoms with Gasteiger partial charge in [0.25, 0.3) is 0 Å². The maximum Gasteiger partial charge on any atom is 0.516 e. The van der Waals surface area contributed by atoms with Crippen molar-refractivity contribution in [3.63, 3.8) is 0 Å². The lowest BCUT2D eigenvalue weighted by Crippen LogP contribution is -2.30. The number of carbonyl (C=O) groups excluding carboxylic acids is 1. The van der Waals surface area contributed by atoms with E-state index in [-0.39, 0.29) is 10.8 Å². The van der Waals surface area contributed by atoms with E-state index in [1.807, 2.05) is 0 Å². The zero-order valence-electron chi connectivity index (χ0n) is 11.7. The Morgan fingerprint density at radius 3 is 2.29 bits per heavy atom. The standard InChI is InChI=1S/C14H9ClF3NO4S/c15-9-6-7-12(19-24(21,22)14(16,17)18)11(8-9)13(20)23-10-4-2-1-3-5-10/h1-8,19H.